The van der Waals surface area contributed by atoms with Gasteiger partial charge in [-0.15, -0.1) is 0 Å². The number of nitrogens with one attached hydrogen (secondary N) is 2. The first-order valence-electron chi connectivity index (χ1n) is 4.99. The molecule has 0 atom stereocenters. The fourth-order valence-corrected chi connectivity index (χ4v) is 1.83. The Kier molecular flexibility index (Phi) is 4.42. The van der Waals surface area contributed by atoms with Gasteiger partial charge in [0.2, 0.25) is 5.91 Å². The van der Waals surface area contributed by atoms with Gasteiger partial charge in [-0.2, -0.15) is 4.37 Å². The molecule has 0 spiro atoms. The van der Waals surface area contributed by atoms with E-state index in [9.17, 15) is 9.59 Å². The number of carbonyl (C=O) groups is 2. The maximum atomic E-state index is 11.6. The third-order valence-electron chi connectivity index (χ3n) is 1.85. The van der Waals surface area contributed by atoms with Crippen LogP contribution in [0.3, 0.4) is 0 Å². The molecule has 1 heterocycles. The van der Waals surface area contributed by atoms with Crippen LogP contribution in [-0.2, 0) is 4.79 Å². The number of aryl methyl sites for hydroxylation is 1. The Balaban J connectivity index is 2.42. The molecule has 1 aromatic heterocycles. The summed E-state index contributed by atoms with van der Waals surface area (Å²) in [5.41, 5.74) is 1.22. The molecular weight excluding hydrogens is 226 g/mol. The molecule has 0 aliphatic rings. The molecule has 0 fully saturated rings. The average molecular weight is 241 g/mol. The summed E-state index contributed by atoms with van der Waals surface area (Å²) in [4.78, 5) is 22.9. The van der Waals surface area contributed by atoms with Crippen molar-refractivity contribution in [2.45, 2.75) is 26.8 Å². The minimum absolute atomic E-state index is 0.00764. The summed E-state index contributed by atoms with van der Waals surface area (Å²) in [6.45, 7) is 5.49. The summed E-state index contributed by atoms with van der Waals surface area (Å²) in [7, 11) is 0. The number of amides is 2. The van der Waals surface area contributed by atoms with Crippen molar-refractivity contribution in [3.63, 3.8) is 0 Å². The molecule has 0 aliphatic carbocycles. The van der Waals surface area contributed by atoms with Gasteiger partial charge in [0, 0.05) is 11.4 Å². The second-order valence-electron chi connectivity index (χ2n) is 3.72. The van der Waals surface area contributed by atoms with E-state index in [4.69, 9.17) is 0 Å². The van der Waals surface area contributed by atoms with Crippen LogP contribution in [0.5, 0.6) is 0 Å². The van der Waals surface area contributed by atoms with Crippen LogP contribution in [0.25, 0.3) is 0 Å². The SMILES string of the molecule is Cc1nscc1C(=O)NCC(=O)NC(C)C. The zero-order valence-corrected chi connectivity index (χ0v) is 10.4. The van der Waals surface area contributed by atoms with E-state index in [0.717, 1.165) is 0 Å². The van der Waals surface area contributed by atoms with Crippen molar-refractivity contribution in [1.29, 1.82) is 0 Å². The maximum absolute atomic E-state index is 11.6. The monoisotopic (exact) mass is 241 g/mol. The minimum atomic E-state index is -0.259. The van der Waals surface area contributed by atoms with Gasteiger partial charge in [-0.1, -0.05) is 0 Å². The summed E-state index contributed by atoms with van der Waals surface area (Å²) in [6, 6.07) is 0.0777. The lowest BCUT2D eigenvalue weighted by Gasteiger charge is -2.08. The third-order valence-corrected chi connectivity index (χ3v) is 2.57. The molecule has 1 aromatic rings. The highest BCUT2D eigenvalue weighted by atomic mass is 32.1. The fourth-order valence-electron chi connectivity index (χ4n) is 1.14. The van der Waals surface area contributed by atoms with Crippen LogP contribution >= 0.6 is 11.5 Å². The first-order valence-corrected chi connectivity index (χ1v) is 5.83. The largest absolute Gasteiger partial charge is 0.352 e. The Hall–Kier alpha value is -1.43. The molecule has 5 nitrogen and oxygen atoms in total. The fraction of sp³-hybridized carbons (Fsp3) is 0.500. The molecule has 0 radical (unpaired) electrons. The van der Waals surface area contributed by atoms with Crippen LogP contribution in [0.1, 0.15) is 29.9 Å². The Morgan fingerprint density at radius 1 is 1.50 bits per heavy atom. The average Bonchev–Trinajstić information content (AvgIpc) is 2.60. The van der Waals surface area contributed by atoms with Gasteiger partial charge in [-0.25, -0.2) is 0 Å². The van der Waals surface area contributed by atoms with Crippen molar-refractivity contribution in [3.05, 3.63) is 16.6 Å². The molecule has 0 unspecified atom stereocenters. The Bertz CT molecular complexity index is 387. The Morgan fingerprint density at radius 3 is 2.69 bits per heavy atom. The van der Waals surface area contributed by atoms with Crippen LogP contribution in [0, 0.1) is 6.92 Å². The van der Waals surface area contributed by atoms with Gasteiger partial charge in [0.15, 0.2) is 0 Å². The van der Waals surface area contributed by atoms with Gasteiger partial charge in [0.25, 0.3) is 5.91 Å². The molecule has 0 aliphatic heterocycles. The highest BCUT2D eigenvalue weighted by molar-refractivity contribution is 7.03. The number of hydrogen-bond donors (Lipinski definition) is 2. The zero-order valence-electron chi connectivity index (χ0n) is 9.53. The molecular formula is C10H15N3O2S. The van der Waals surface area contributed by atoms with Gasteiger partial charge < -0.3 is 10.6 Å². The third kappa shape index (κ3) is 3.62. The van der Waals surface area contributed by atoms with Crippen molar-refractivity contribution in [1.82, 2.24) is 15.0 Å². The normalized spacial score (nSPS) is 10.2. The summed E-state index contributed by atoms with van der Waals surface area (Å²) in [6.07, 6.45) is 0. The highest BCUT2D eigenvalue weighted by Crippen LogP contribution is 2.08. The van der Waals surface area contributed by atoms with Crippen molar-refractivity contribution in [3.8, 4) is 0 Å². The van der Waals surface area contributed by atoms with Crippen molar-refractivity contribution < 1.29 is 9.59 Å². The molecule has 0 saturated heterocycles. The molecule has 2 amide bonds. The second-order valence-corrected chi connectivity index (χ2v) is 4.35. The van der Waals surface area contributed by atoms with Crippen molar-refractivity contribution in [2.75, 3.05) is 6.54 Å². The molecule has 2 N–H and O–H groups in total. The standard InChI is InChI=1S/C10H15N3O2S/c1-6(2)12-9(14)4-11-10(15)8-5-16-13-7(8)3/h5-6H,4H2,1-3H3,(H,11,15)(H,12,14). The lowest BCUT2D eigenvalue weighted by atomic mass is 10.2. The maximum Gasteiger partial charge on any atom is 0.254 e. The second kappa shape index (κ2) is 5.60. The first-order chi connectivity index (χ1) is 7.50. The van der Waals surface area contributed by atoms with Crippen molar-refractivity contribution >= 4 is 23.3 Å². The van der Waals surface area contributed by atoms with Crippen LogP contribution in [0.4, 0.5) is 0 Å². The minimum Gasteiger partial charge on any atom is -0.352 e. The van der Waals surface area contributed by atoms with Crippen LogP contribution < -0.4 is 10.6 Å². The molecule has 0 saturated carbocycles. The number of hydrogen-bond acceptors (Lipinski definition) is 4. The zero-order chi connectivity index (χ0) is 12.1. The van der Waals surface area contributed by atoms with E-state index in [2.05, 4.69) is 15.0 Å². The smallest absolute Gasteiger partial charge is 0.254 e. The molecule has 16 heavy (non-hydrogen) atoms. The van der Waals surface area contributed by atoms with E-state index < -0.39 is 0 Å². The van der Waals surface area contributed by atoms with Crippen LogP contribution in [0.15, 0.2) is 5.38 Å². The number of aromatic nitrogens is 1. The molecule has 88 valence electrons. The summed E-state index contributed by atoms with van der Waals surface area (Å²) < 4.78 is 3.99. The van der Waals surface area contributed by atoms with Gasteiger partial charge in [-0.3, -0.25) is 9.59 Å². The van der Waals surface area contributed by atoms with Gasteiger partial charge in [0.05, 0.1) is 17.8 Å². The predicted octanol–water partition coefficient (Wildman–Crippen LogP) is 0.706. The number of carbonyl (C=O) groups excluding carboxylic acids is 2. The van der Waals surface area contributed by atoms with E-state index in [0.29, 0.717) is 11.3 Å². The Morgan fingerprint density at radius 2 is 2.19 bits per heavy atom. The molecule has 6 heteroatoms. The topological polar surface area (TPSA) is 71.1 Å². The first kappa shape index (κ1) is 12.6. The van der Waals surface area contributed by atoms with Crippen LogP contribution in [0.2, 0.25) is 0 Å². The van der Waals surface area contributed by atoms with E-state index in [1.54, 1.807) is 12.3 Å². The van der Waals surface area contributed by atoms with E-state index in [1.165, 1.54) is 11.5 Å². The van der Waals surface area contributed by atoms with E-state index in [-0.39, 0.29) is 24.4 Å². The number of rotatable bonds is 4. The molecule has 0 aromatic carbocycles. The van der Waals surface area contributed by atoms with Gasteiger partial charge in [0.1, 0.15) is 0 Å². The lowest BCUT2D eigenvalue weighted by molar-refractivity contribution is -0.120. The highest BCUT2D eigenvalue weighted by Gasteiger charge is 2.12. The Labute approximate surface area is 98.4 Å². The van der Waals surface area contributed by atoms with Crippen molar-refractivity contribution in [2.24, 2.45) is 0 Å². The summed E-state index contributed by atoms with van der Waals surface area (Å²) >= 11 is 1.23. The van der Waals surface area contributed by atoms with Gasteiger partial charge >= 0.3 is 0 Å². The van der Waals surface area contributed by atoms with E-state index in [1.807, 2.05) is 13.8 Å². The number of nitrogens with zero attached hydrogens (tertiary/aromatic N) is 1. The van der Waals surface area contributed by atoms with E-state index >= 15 is 0 Å². The molecule has 0 bridgehead atoms. The quantitative estimate of drug-likeness (QED) is 0.815. The van der Waals surface area contributed by atoms with Crippen LogP contribution in [-0.4, -0.2) is 28.8 Å². The lowest BCUT2D eigenvalue weighted by Crippen LogP contribution is -2.39. The molecule has 1 rings (SSSR count). The van der Waals surface area contributed by atoms with Gasteiger partial charge in [-0.05, 0) is 32.3 Å². The summed E-state index contributed by atoms with van der Waals surface area (Å²) in [5, 5.41) is 6.91. The predicted molar refractivity (Wildman–Crippen MR) is 62.5 cm³/mol. The summed E-state index contributed by atoms with van der Waals surface area (Å²) in [5.74, 6) is -0.450.